The van der Waals surface area contributed by atoms with E-state index in [-0.39, 0.29) is 18.7 Å². The number of aromatic nitrogens is 2. The minimum Gasteiger partial charge on any atom is -0.454 e. The lowest BCUT2D eigenvalue weighted by Crippen LogP contribution is -2.35. The largest absolute Gasteiger partial charge is 0.454 e. The van der Waals surface area contributed by atoms with E-state index < -0.39 is 0 Å². The van der Waals surface area contributed by atoms with Gasteiger partial charge in [0.15, 0.2) is 11.5 Å². The van der Waals surface area contributed by atoms with Crippen molar-refractivity contribution in [3.8, 4) is 11.5 Å². The van der Waals surface area contributed by atoms with Gasteiger partial charge in [-0.1, -0.05) is 29.8 Å². The Balaban J connectivity index is 1.22. The molecule has 0 saturated carbocycles. The summed E-state index contributed by atoms with van der Waals surface area (Å²) >= 11 is 6.31. The summed E-state index contributed by atoms with van der Waals surface area (Å²) < 4.78 is 12.6. The second-order valence-corrected chi connectivity index (χ2v) is 8.19. The van der Waals surface area contributed by atoms with E-state index in [9.17, 15) is 4.79 Å². The SMILES string of the molecule is O=C(Nc1ccnn1C1CCN(Cc2ccccc2Cl)CC1)c1ccc2c(c1)OCO2. The lowest BCUT2D eigenvalue weighted by atomic mass is 10.0. The number of benzene rings is 2. The van der Waals surface area contributed by atoms with Crippen LogP contribution < -0.4 is 14.8 Å². The average Bonchev–Trinajstić information content (AvgIpc) is 3.45. The van der Waals surface area contributed by atoms with Gasteiger partial charge in [-0.2, -0.15) is 5.10 Å². The number of likely N-dealkylation sites (tertiary alicyclic amines) is 1. The third-order valence-corrected chi connectivity index (χ3v) is 6.17. The summed E-state index contributed by atoms with van der Waals surface area (Å²) in [6.45, 7) is 2.93. The molecule has 0 bridgehead atoms. The van der Waals surface area contributed by atoms with E-state index in [4.69, 9.17) is 21.1 Å². The number of hydrogen-bond donors (Lipinski definition) is 1. The zero-order chi connectivity index (χ0) is 21.2. The van der Waals surface area contributed by atoms with Crippen molar-refractivity contribution in [3.05, 3.63) is 70.9 Å². The standard InChI is InChI=1S/C23H23ClN4O3/c24-19-4-2-1-3-17(19)14-27-11-8-18(9-12-27)28-22(7-10-25-28)26-23(29)16-5-6-20-21(13-16)31-15-30-20/h1-7,10,13,18H,8-9,11-12,14-15H2,(H,26,29). The molecule has 2 aliphatic heterocycles. The maximum absolute atomic E-state index is 12.8. The van der Waals surface area contributed by atoms with Crippen molar-refractivity contribution < 1.29 is 14.3 Å². The topological polar surface area (TPSA) is 68.6 Å². The van der Waals surface area contributed by atoms with E-state index in [0.29, 0.717) is 22.9 Å². The second-order valence-electron chi connectivity index (χ2n) is 7.78. The number of carbonyl (C=O) groups is 1. The zero-order valence-corrected chi connectivity index (χ0v) is 17.7. The zero-order valence-electron chi connectivity index (χ0n) is 17.0. The first kappa shape index (κ1) is 19.9. The molecule has 1 fully saturated rings. The molecule has 8 heteroatoms. The van der Waals surface area contributed by atoms with Gasteiger partial charge in [-0.25, -0.2) is 4.68 Å². The quantitative estimate of drug-likeness (QED) is 0.641. The van der Waals surface area contributed by atoms with E-state index in [1.807, 2.05) is 28.9 Å². The predicted octanol–water partition coefficient (Wildman–Crippen LogP) is 4.35. The van der Waals surface area contributed by atoms with Crippen molar-refractivity contribution in [1.29, 1.82) is 0 Å². The highest BCUT2D eigenvalue weighted by Crippen LogP contribution is 2.33. The summed E-state index contributed by atoms with van der Waals surface area (Å²) in [6, 6.07) is 15.2. The molecule has 1 saturated heterocycles. The molecule has 2 aromatic carbocycles. The molecule has 1 amide bonds. The highest BCUT2D eigenvalue weighted by atomic mass is 35.5. The van der Waals surface area contributed by atoms with Crippen molar-refractivity contribution in [2.75, 3.05) is 25.2 Å². The van der Waals surface area contributed by atoms with Crippen LogP contribution in [0.1, 0.15) is 34.8 Å². The molecule has 0 spiro atoms. The molecule has 0 atom stereocenters. The minimum atomic E-state index is -0.198. The summed E-state index contributed by atoms with van der Waals surface area (Å²) in [4.78, 5) is 15.2. The molecule has 3 heterocycles. The van der Waals surface area contributed by atoms with Gasteiger partial charge in [-0.05, 0) is 42.7 Å². The third-order valence-electron chi connectivity index (χ3n) is 5.80. The lowest BCUT2D eigenvalue weighted by Gasteiger charge is -2.32. The Morgan fingerprint density at radius 3 is 2.74 bits per heavy atom. The van der Waals surface area contributed by atoms with Gasteiger partial charge in [0.1, 0.15) is 5.82 Å². The van der Waals surface area contributed by atoms with Crippen molar-refractivity contribution in [2.45, 2.75) is 25.4 Å². The Morgan fingerprint density at radius 1 is 1.10 bits per heavy atom. The molecule has 31 heavy (non-hydrogen) atoms. The number of nitrogens with zero attached hydrogens (tertiary/aromatic N) is 3. The van der Waals surface area contributed by atoms with Gasteiger partial charge in [0.05, 0.1) is 12.2 Å². The van der Waals surface area contributed by atoms with Crippen LogP contribution in [0.3, 0.4) is 0 Å². The number of ether oxygens (including phenoxy) is 2. The number of nitrogens with one attached hydrogen (secondary N) is 1. The molecule has 5 rings (SSSR count). The summed E-state index contributed by atoms with van der Waals surface area (Å²) in [6.07, 6.45) is 3.64. The van der Waals surface area contributed by atoms with Crippen LogP contribution in [0.25, 0.3) is 0 Å². The van der Waals surface area contributed by atoms with Crippen molar-refractivity contribution in [1.82, 2.24) is 14.7 Å². The van der Waals surface area contributed by atoms with Crippen LogP contribution in [0.5, 0.6) is 11.5 Å². The van der Waals surface area contributed by atoms with E-state index in [1.165, 1.54) is 0 Å². The van der Waals surface area contributed by atoms with E-state index in [1.54, 1.807) is 24.4 Å². The molecule has 0 unspecified atom stereocenters. The van der Waals surface area contributed by atoms with Crippen LogP contribution in [-0.2, 0) is 6.54 Å². The summed E-state index contributed by atoms with van der Waals surface area (Å²) in [5, 5.41) is 8.28. The predicted molar refractivity (Wildman–Crippen MR) is 118 cm³/mol. The van der Waals surface area contributed by atoms with Gasteiger partial charge in [0, 0.05) is 36.3 Å². The molecule has 1 N–H and O–H groups in total. The average molecular weight is 439 g/mol. The fourth-order valence-corrected chi connectivity index (χ4v) is 4.32. The molecular formula is C23H23ClN4O3. The highest BCUT2D eigenvalue weighted by Gasteiger charge is 2.24. The molecular weight excluding hydrogens is 416 g/mol. The van der Waals surface area contributed by atoms with Crippen LogP contribution in [-0.4, -0.2) is 40.5 Å². The van der Waals surface area contributed by atoms with Crippen LogP contribution in [0.2, 0.25) is 5.02 Å². The van der Waals surface area contributed by atoms with Crippen molar-refractivity contribution >= 4 is 23.3 Å². The number of amides is 1. The molecule has 160 valence electrons. The van der Waals surface area contributed by atoms with E-state index in [2.05, 4.69) is 21.4 Å². The Kier molecular flexibility index (Phi) is 5.53. The number of rotatable bonds is 5. The van der Waals surface area contributed by atoms with Crippen LogP contribution in [0, 0.1) is 0 Å². The van der Waals surface area contributed by atoms with Gasteiger partial charge >= 0.3 is 0 Å². The Bertz CT molecular complexity index is 1090. The Hall–Kier alpha value is -3.03. The molecule has 0 radical (unpaired) electrons. The first-order valence-corrected chi connectivity index (χ1v) is 10.8. The fourth-order valence-electron chi connectivity index (χ4n) is 4.12. The van der Waals surface area contributed by atoms with E-state index >= 15 is 0 Å². The molecule has 7 nitrogen and oxygen atoms in total. The smallest absolute Gasteiger partial charge is 0.256 e. The Labute approximate surface area is 185 Å². The summed E-state index contributed by atoms with van der Waals surface area (Å²) in [7, 11) is 0. The van der Waals surface area contributed by atoms with Gasteiger partial charge in [-0.15, -0.1) is 0 Å². The van der Waals surface area contributed by atoms with Crippen LogP contribution >= 0.6 is 11.6 Å². The molecule has 0 aliphatic carbocycles. The lowest BCUT2D eigenvalue weighted by molar-refractivity contribution is 0.102. The Morgan fingerprint density at radius 2 is 1.90 bits per heavy atom. The molecule has 2 aliphatic rings. The number of anilines is 1. The first-order valence-electron chi connectivity index (χ1n) is 10.4. The first-order chi connectivity index (χ1) is 15.2. The van der Waals surface area contributed by atoms with Crippen molar-refractivity contribution in [3.63, 3.8) is 0 Å². The molecule has 3 aromatic rings. The van der Waals surface area contributed by atoms with Gasteiger partial charge < -0.3 is 14.8 Å². The summed E-state index contributed by atoms with van der Waals surface area (Å²) in [5.41, 5.74) is 1.67. The van der Waals surface area contributed by atoms with Crippen LogP contribution in [0.4, 0.5) is 5.82 Å². The molecule has 1 aromatic heterocycles. The van der Waals surface area contributed by atoms with Crippen molar-refractivity contribution in [2.24, 2.45) is 0 Å². The number of hydrogen-bond acceptors (Lipinski definition) is 5. The van der Waals surface area contributed by atoms with E-state index in [0.717, 1.165) is 43.1 Å². The number of carbonyl (C=O) groups excluding carboxylic acids is 1. The fraction of sp³-hybridized carbons (Fsp3) is 0.304. The number of fused-ring (bicyclic) bond motifs is 1. The maximum atomic E-state index is 12.8. The number of halogens is 1. The summed E-state index contributed by atoms with van der Waals surface area (Å²) in [5.74, 6) is 1.75. The monoisotopic (exact) mass is 438 g/mol. The normalized spacial score (nSPS) is 16.4. The third kappa shape index (κ3) is 4.24. The number of piperidine rings is 1. The van der Waals surface area contributed by atoms with Gasteiger partial charge in [0.2, 0.25) is 6.79 Å². The minimum absolute atomic E-state index is 0.183. The highest BCUT2D eigenvalue weighted by molar-refractivity contribution is 6.31. The second kappa shape index (κ2) is 8.61. The van der Waals surface area contributed by atoms with Gasteiger partial charge in [-0.3, -0.25) is 9.69 Å². The van der Waals surface area contributed by atoms with Crippen LogP contribution in [0.15, 0.2) is 54.7 Å². The van der Waals surface area contributed by atoms with Gasteiger partial charge in [0.25, 0.3) is 5.91 Å². The maximum Gasteiger partial charge on any atom is 0.256 e.